The van der Waals surface area contributed by atoms with Crippen molar-refractivity contribution < 1.29 is 32.3 Å². The number of sulfonamides is 1. The van der Waals surface area contributed by atoms with Gasteiger partial charge in [0, 0.05) is 37.5 Å². The maximum atomic E-state index is 13.4. The molecule has 234 valence electrons. The Balaban J connectivity index is 1.44. The number of esters is 1. The summed E-state index contributed by atoms with van der Waals surface area (Å²) < 4.78 is 40.2. The Bertz CT molecular complexity index is 1630. The molecule has 0 bridgehead atoms. The van der Waals surface area contributed by atoms with Crippen LogP contribution in [0.5, 0.6) is 17.2 Å². The molecule has 1 aliphatic rings. The van der Waals surface area contributed by atoms with Crippen molar-refractivity contribution in [2.75, 3.05) is 30.9 Å². The summed E-state index contributed by atoms with van der Waals surface area (Å²) in [6.07, 6.45) is 2.05. The molecule has 0 saturated carbocycles. The van der Waals surface area contributed by atoms with E-state index < -0.39 is 21.9 Å². The average molecular weight is 664 g/mol. The average Bonchev–Trinajstić information content (AvgIpc) is 2.98. The number of rotatable bonds is 12. The topological polar surface area (TPSA) is 152 Å². The third-order valence-corrected chi connectivity index (χ3v) is 8.58. The van der Waals surface area contributed by atoms with E-state index >= 15 is 0 Å². The highest BCUT2D eigenvalue weighted by Gasteiger charge is 2.23. The maximum absolute atomic E-state index is 13.4. The third kappa shape index (κ3) is 9.33. The lowest BCUT2D eigenvalue weighted by Gasteiger charge is -2.22. The summed E-state index contributed by atoms with van der Waals surface area (Å²) in [6.45, 7) is 3.60. The second kappa shape index (κ2) is 15.2. The highest BCUT2D eigenvalue weighted by molar-refractivity contribution is 7.92. The minimum atomic E-state index is -4.25. The molecule has 4 N–H and O–H groups in total. The lowest BCUT2D eigenvalue weighted by atomic mass is 9.98. The van der Waals surface area contributed by atoms with Crippen LogP contribution in [0.1, 0.15) is 36.5 Å². The van der Waals surface area contributed by atoms with Crippen molar-refractivity contribution in [3.8, 4) is 17.2 Å². The van der Waals surface area contributed by atoms with E-state index in [-0.39, 0.29) is 57.3 Å². The van der Waals surface area contributed by atoms with Gasteiger partial charge in [0.25, 0.3) is 15.9 Å². The van der Waals surface area contributed by atoms with Crippen LogP contribution in [0.4, 0.5) is 5.69 Å². The van der Waals surface area contributed by atoms with Gasteiger partial charge < -0.3 is 25.4 Å². The number of piperidine rings is 1. The van der Waals surface area contributed by atoms with E-state index in [1.54, 1.807) is 30.3 Å². The van der Waals surface area contributed by atoms with Gasteiger partial charge in [-0.3, -0.25) is 19.1 Å². The highest BCUT2D eigenvalue weighted by Crippen LogP contribution is 2.36. The Labute approximate surface area is 265 Å². The number of para-hydroxylation sites is 2. The molecule has 3 aromatic rings. The van der Waals surface area contributed by atoms with E-state index in [2.05, 4.69) is 20.7 Å². The molecule has 0 atom stereocenters. The third-order valence-electron chi connectivity index (χ3n) is 6.69. The summed E-state index contributed by atoms with van der Waals surface area (Å²) in [5.74, 6) is -0.996. The van der Waals surface area contributed by atoms with Gasteiger partial charge in [0.15, 0.2) is 5.75 Å². The number of hydrogen-bond donors (Lipinski definition) is 4. The minimum absolute atomic E-state index is 0.0342. The molecule has 3 aromatic carbocycles. The molecule has 1 fully saturated rings. The number of halogens is 2. The SMILES string of the molecule is CC(=O)Oc1cc(S(=O)(=O)Nc2ccccc2Oc2ccc(Cl)cc2Cl)ccc1C(=O)NCCC(=O)NCC1CCNCC1. The molecule has 1 saturated heterocycles. The zero-order chi connectivity index (χ0) is 31.7. The fourth-order valence-electron chi connectivity index (χ4n) is 4.43. The van der Waals surface area contributed by atoms with Crippen LogP contribution >= 0.6 is 23.2 Å². The summed E-state index contributed by atoms with van der Waals surface area (Å²) in [5.41, 5.74) is 0.0307. The first-order valence-corrected chi connectivity index (χ1v) is 16.1. The summed E-state index contributed by atoms with van der Waals surface area (Å²) in [6, 6.07) is 14.4. The van der Waals surface area contributed by atoms with Crippen LogP contribution in [0.2, 0.25) is 10.0 Å². The summed E-state index contributed by atoms with van der Waals surface area (Å²) in [5, 5.41) is 9.42. The number of amides is 2. The summed E-state index contributed by atoms with van der Waals surface area (Å²) >= 11 is 12.2. The first kappa shape index (κ1) is 33.1. The number of nitrogens with one attached hydrogen (secondary N) is 4. The second-order valence-corrected chi connectivity index (χ2v) is 12.6. The van der Waals surface area contributed by atoms with E-state index in [1.807, 2.05) is 0 Å². The van der Waals surface area contributed by atoms with Crippen molar-refractivity contribution in [1.82, 2.24) is 16.0 Å². The van der Waals surface area contributed by atoms with Crippen LogP contribution in [-0.2, 0) is 19.6 Å². The number of carbonyl (C=O) groups is 3. The van der Waals surface area contributed by atoms with E-state index in [0.717, 1.165) is 38.9 Å². The van der Waals surface area contributed by atoms with E-state index in [4.69, 9.17) is 32.7 Å². The van der Waals surface area contributed by atoms with Crippen LogP contribution in [0.15, 0.2) is 65.6 Å². The van der Waals surface area contributed by atoms with Crippen molar-refractivity contribution in [1.29, 1.82) is 0 Å². The normalized spacial score (nSPS) is 13.5. The lowest BCUT2D eigenvalue weighted by Crippen LogP contribution is -2.37. The number of hydrogen-bond acceptors (Lipinski definition) is 8. The predicted molar refractivity (Wildman–Crippen MR) is 167 cm³/mol. The molecule has 1 aliphatic heterocycles. The molecular formula is C30H32Cl2N4O7S. The predicted octanol–water partition coefficient (Wildman–Crippen LogP) is 4.75. The van der Waals surface area contributed by atoms with Gasteiger partial charge in [-0.15, -0.1) is 0 Å². The fourth-order valence-corrected chi connectivity index (χ4v) is 5.97. The van der Waals surface area contributed by atoms with Crippen molar-refractivity contribution in [2.45, 2.75) is 31.1 Å². The van der Waals surface area contributed by atoms with E-state index in [9.17, 15) is 22.8 Å². The van der Waals surface area contributed by atoms with Crippen LogP contribution in [0, 0.1) is 5.92 Å². The molecule has 0 spiro atoms. The number of anilines is 1. The van der Waals surface area contributed by atoms with Gasteiger partial charge in [-0.2, -0.15) is 0 Å². The summed E-state index contributed by atoms with van der Waals surface area (Å²) in [7, 11) is -4.25. The number of benzene rings is 3. The minimum Gasteiger partial charge on any atom is -0.454 e. The number of carbonyl (C=O) groups excluding carboxylic acids is 3. The van der Waals surface area contributed by atoms with Gasteiger partial charge in [-0.25, -0.2) is 8.42 Å². The van der Waals surface area contributed by atoms with Gasteiger partial charge in [-0.1, -0.05) is 35.3 Å². The van der Waals surface area contributed by atoms with Crippen LogP contribution < -0.4 is 30.1 Å². The van der Waals surface area contributed by atoms with Gasteiger partial charge in [-0.05, 0) is 74.3 Å². The van der Waals surface area contributed by atoms with Gasteiger partial charge in [0.2, 0.25) is 5.91 Å². The molecule has 0 aliphatic carbocycles. The molecule has 0 unspecified atom stereocenters. The molecule has 0 aromatic heterocycles. The van der Waals surface area contributed by atoms with Crippen molar-refractivity contribution >= 4 is 56.7 Å². The molecule has 4 rings (SSSR count). The zero-order valence-corrected chi connectivity index (χ0v) is 26.2. The molecule has 2 amide bonds. The fraction of sp³-hybridized carbons (Fsp3) is 0.300. The molecule has 1 heterocycles. The van der Waals surface area contributed by atoms with Gasteiger partial charge in [0.1, 0.15) is 11.5 Å². The van der Waals surface area contributed by atoms with Crippen molar-refractivity contribution in [3.63, 3.8) is 0 Å². The quantitative estimate of drug-likeness (QED) is 0.160. The molecular weight excluding hydrogens is 631 g/mol. The Morgan fingerprint density at radius 1 is 0.932 bits per heavy atom. The first-order chi connectivity index (χ1) is 21.0. The molecule has 0 radical (unpaired) electrons. The Morgan fingerprint density at radius 2 is 1.68 bits per heavy atom. The molecule has 44 heavy (non-hydrogen) atoms. The van der Waals surface area contributed by atoms with Crippen LogP contribution in [-0.4, -0.2) is 52.4 Å². The smallest absolute Gasteiger partial charge is 0.308 e. The highest BCUT2D eigenvalue weighted by atomic mass is 35.5. The summed E-state index contributed by atoms with van der Waals surface area (Å²) in [4.78, 5) is 36.7. The lowest BCUT2D eigenvalue weighted by molar-refractivity contribution is -0.132. The molecule has 11 nitrogen and oxygen atoms in total. The van der Waals surface area contributed by atoms with Crippen LogP contribution in [0.3, 0.4) is 0 Å². The second-order valence-electron chi connectivity index (χ2n) is 10.0. The van der Waals surface area contributed by atoms with Crippen LogP contribution in [0.25, 0.3) is 0 Å². The largest absolute Gasteiger partial charge is 0.454 e. The zero-order valence-electron chi connectivity index (χ0n) is 23.8. The first-order valence-electron chi connectivity index (χ1n) is 13.8. The number of ether oxygens (including phenoxy) is 2. The van der Waals surface area contributed by atoms with Gasteiger partial charge in [0.05, 0.1) is 21.2 Å². The van der Waals surface area contributed by atoms with Crippen molar-refractivity contribution in [2.24, 2.45) is 5.92 Å². The molecule has 14 heteroatoms. The Morgan fingerprint density at radius 3 is 2.41 bits per heavy atom. The Kier molecular flexibility index (Phi) is 11.5. The Hall–Kier alpha value is -3.84. The maximum Gasteiger partial charge on any atom is 0.308 e. The van der Waals surface area contributed by atoms with Gasteiger partial charge >= 0.3 is 5.97 Å². The van der Waals surface area contributed by atoms with E-state index in [0.29, 0.717) is 17.5 Å². The van der Waals surface area contributed by atoms with Crippen molar-refractivity contribution in [3.05, 3.63) is 76.3 Å². The van der Waals surface area contributed by atoms with E-state index in [1.165, 1.54) is 24.3 Å². The standard InChI is InChI=1S/C30H32Cl2N4O7S/c1-19(37)42-28-17-22(7-8-23(28)30(39)34-15-12-29(38)35-18-20-10-13-33-14-11-20)44(40,41)36-25-4-2-3-5-27(25)43-26-9-6-21(31)16-24(26)32/h2-9,16-17,20,33,36H,10-15,18H2,1H3,(H,34,39)(H,35,38). The monoisotopic (exact) mass is 662 g/mol.